The van der Waals surface area contributed by atoms with Gasteiger partial charge in [-0.25, -0.2) is 0 Å². The lowest BCUT2D eigenvalue weighted by Crippen LogP contribution is -2.16. The molecule has 4 aromatic rings. The number of aromatic nitrogens is 6. The first-order chi connectivity index (χ1) is 15.6. The highest BCUT2D eigenvalue weighted by atomic mass is 35.5. The fraction of sp³-hybridized carbons (Fsp3) is 0.227. The van der Waals surface area contributed by atoms with Gasteiger partial charge in [0.05, 0.1) is 11.4 Å². The summed E-state index contributed by atoms with van der Waals surface area (Å²) in [5.41, 5.74) is 2.67. The van der Waals surface area contributed by atoms with Gasteiger partial charge in [-0.2, -0.15) is 5.10 Å². The van der Waals surface area contributed by atoms with Gasteiger partial charge in [-0.05, 0) is 37.1 Å². The summed E-state index contributed by atoms with van der Waals surface area (Å²) >= 11 is 7.35. The number of hydrogen-bond donors (Lipinski definition) is 1. The maximum atomic E-state index is 12.6. The molecule has 1 saturated carbocycles. The Morgan fingerprint density at radius 2 is 1.88 bits per heavy atom. The minimum atomic E-state index is -0.128. The van der Waals surface area contributed by atoms with Crippen LogP contribution in [-0.4, -0.2) is 41.2 Å². The molecule has 0 radical (unpaired) electrons. The van der Waals surface area contributed by atoms with Gasteiger partial charge in [-0.1, -0.05) is 35.5 Å². The molecule has 0 spiro atoms. The predicted molar refractivity (Wildman–Crippen MR) is 125 cm³/mol. The van der Waals surface area contributed by atoms with Crippen LogP contribution in [0.3, 0.4) is 0 Å². The SMILES string of the molecule is Cn1nc(-c2ccc(Cl)cc2)cc1NC(=O)CSc1nnc(-c2ccncc2)n1C1CC1. The van der Waals surface area contributed by atoms with Crippen molar-refractivity contribution in [1.29, 1.82) is 0 Å². The summed E-state index contributed by atoms with van der Waals surface area (Å²) in [7, 11) is 1.80. The molecule has 0 atom stereocenters. The number of pyridine rings is 1. The van der Waals surface area contributed by atoms with Crippen LogP contribution in [0, 0.1) is 0 Å². The van der Waals surface area contributed by atoms with E-state index in [2.05, 4.69) is 30.2 Å². The molecule has 3 aromatic heterocycles. The average molecular weight is 466 g/mol. The number of carbonyl (C=O) groups excluding carboxylic acids is 1. The number of hydrogen-bond acceptors (Lipinski definition) is 6. The molecule has 162 valence electrons. The lowest BCUT2D eigenvalue weighted by molar-refractivity contribution is -0.113. The number of nitrogens with one attached hydrogen (secondary N) is 1. The molecular weight excluding hydrogens is 446 g/mol. The van der Waals surface area contributed by atoms with E-state index in [0.717, 1.165) is 40.6 Å². The lowest BCUT2D eigenvalue weighted by Gasteiger charge is -2.09. The minimum Gasteiger partial charge on any atom is -0.310 e. The summed E-state index contributed by atoms with van der Waals surface area (Å²) in [6, 6.07) is 13.5. The Bertz CT molecular complexity index is 1250. The second-order valence-corrected chi connectivity index (χ2v) is 8.90. The number of rotatable bonds is 7. The van der Waals surface area contributed by atoms with Crippen LogP contribution in [0.4, 0.5) is 5.82 Å². The van der Waals surface area contributed by atoms with E-state index in [-0.39, 0.29) is 11.7 Å². The van der Waals surface area contributed by atoms with Crippen molar-refractivity contribution < 1.29 is 4.79 Å². The van der Waals surface area contributed by atoms with Crippen molar-refractivity contribution in [2.75, 3.05) is 11.1 Å². The van der Waals surface area contributed by atoms with Crippen molar-refractivity contribution in [3.63, 3.8) is 0 Å². The maximum absolute atomic E-state index is 12.6. The third-order valence-electron chi connectivity index (χ3n) is 5.13. The summed E-state index contributed by atoms with van der Waals surface area (Å²) in [6.07, 6.45) is 5.68. The van der Waals surface area contributed by atoms with Crippen LogP contribution in [0.15, 0.2) is 60.0 Å². The molecular formula is C22H20ClN7OS. The summed E-state index contributed by atoms with van der Waals surface area (Å²) in [5, 5.41) is 17.6. The molecule has 1 aromatic carbocycles. The van der Waals surface area contributed by atoms with Crippen LogP contribution in [-0.2, 0) is 11.8 Å². The number of carbonyl (C=O) groups is 1. The smallest absolute Gasteiger partial charge is 0.235 e. The van der Waals surface area contributed by atoms with Crippen molar-refractivity contribution >= 4 is 35.1 Å². The van der Waals surface area contributed by atoms with Gasteiger partial charge in [-0.3, -0.25) is 19.0 Å². The number of halogens is 1. The highest BCUT2D eigenvalue weighted by Crippen LogP contribution is 2.41. The van der Waals surface area contributed by atoms with E-state index < -0.39 is 0 Å². The van der Waals surface area contributed by atoms with Gasteiger partial charge >= 0.3 is 0 Å². The van der Waals surface area contributed by atoms with Crippen LogP contribution in [0.2, 0.25) is 5.02 Å². The van der Waals surface area contributed by atoms with Crippen LogP contribution in [0.1, 0.15) is 18.9 Å². The van der Waals surface area contributed by atoms with Gasteiger partial charge in [-0.15, -0.1) is 10.2 Å². The molecule has 0 saturated heterocycles. The molecule has 1 amide bonds. The first kappa shape index (κ1) is 20.7. The third-order valence-corrected chi connectivity index (χ3v) is 6.33. The zero-order chi connectivity index (χ0) is 22.1. The first-order valence-electron chi connectivity index (χ1n) is 10.2. The van der Waals surface area contributed by atoms with Crippen LogP contribution in [0.25, 0.3) is 22.6 Å². The Kier molecular flexibility index (Phi) is 5.67. The van der Waals surface area contributed by atoms with Gasteiger partial charge in [0.1, 0.15) is 5.82 Å². The van der Waals surface area contributed by atoms with E-state index in [0.29, 0.717) is 16.9 Å². The highest BCUT2D eigenvalue weighted by molar-refractivity contribution is 7.99. The molecule has 1 aliphatic carbocycles. The van der Waals surface area contributed by atoms with E-state index >= 15 is 0 Å². The summed E-state index contributed by atoms with van der Waals surface area (Å²) in [6.45, 7) is 0. The quantitative estimate of drug-likeness (QED) is 0.405. The van der Waals surface area contributed by atoms with Crippen LogP contribution in [0.5, 0.6) is 0 Å². The van der Waals surface area contributed by atoms with Crippen molar-refractivity contribution in [2.24, 2.45) is 7.05 Å². The number of thioether (sulfide) groups is 1. The minimum absolute atomic E-state index is 0.128. The van der Waals surface area contributed by atoms with E-state index in [4.69, 9.17) is 11.6 Å². The molecule has 32 heavy (non-hydrogen) atoms. The molecule has 0 aliphatic heterocycles. The van der Waals surface area contributed by atoms with Crippen LogP contribution < -0.4 is 5.32 Å². The molecule has 5 rings (SSSR count). The predicted octanol–water partition coefficient (Wildman–Crippen LogP) is 4.46. The molecule has 1 aliphatic rings. The Morgan fingerprint density at radius 1 is 1.12 bits per heavy atom. The maximum Gasteiger partial charge on any atom is 0.235 e. The molecule has 0 unspecified atom stereocenters. The number of benzene rings is 1. The van der Waals surface area contributed by atoms with Crippen molar-refractivity contribution in [2.45, 2.75) is 24.0 Å². The number of aryl methyl sites for hydroxylation is 1. The van der Waals surface area contributed by atoms with E-state index in [1.165, 1.54) is 11.8 Å². The summed E-state index contributed by atoms with van der Waals surface area (Å²) in [4.78, 5) is 16.7. The molecule has 3 heterocycles. The normalized spacial score (nSPS) is 13.3. The van der Waals surface area contributed by atoms with Crippen molar-refractivity contribution in [3.05, 3.63) is 59.9 Å². The van der Waals surface area contributed by atoms with Crippen LogP contribution >= 0.6 is 23.4 Å². The number of anilines is 1. The summed E-state index contributed by atoms with van der Waals surface area (Å²) in [5.74, 6) is 1.54. The van der Waals surface area contributed by atoms with E-state index in [9.17, 15) is 4.79 Å². The highest BCUT2D eigenvalue weighted by Gasteiger charge is 2.30. The topological polar surface area (TPSA) is 90.5 Å². The second-order valence-electron chi connectivity index (χ2n) is 7.53. The standard InChI is InChI=1S/C22H20ClN7OS/c1-29-19(12-18(28-29)14-2-4-16(23)5-3-14)25-20(31)13-32-22-27-26-21(30(22)17-6-7-17)15-8-10-24-11-9-15/h2-5,8-12,17H,6-7,13H2,1H3,(H,25,31). The molecule has 8 nitrogen and oxygen atoms in total. The molecule has 10 heteroatoms. The number of nitrogens with zero attached hydrogens (tertiary/aromatic N) is 6. The Balaban J connectivity index is 1.27. The Labute approximate surface area is 194 Å². The molecule has 1 fully saturated rings. The van der Waals surface area contributed by atoms with Gasteiger partial charge in [0.15, 0.2) is 11.0 Å². The Morgan fingerprint density at radius 3 is 2.59 bits per heavy atom. The van der Waals surface area contributed by atoms with Gasteiger partial charge in [0.2, 0.25) is 5.91 Å². The average Bonchev–Trinajstić information content (AvgIpc) is 3.45. The third kappa shape index (κ3) is 4.39. The van der Waals surface area contributed by atoms with E-state index in [1.54, 1.807) is 24.1 Å². The summed E-state index contributed by atoms with van der Waals surface area (Å²) < 4.78 is 3.79. The van der Waals surface area contributed by atoms with Gasteiger partial charge in [0, 0.05) is 47.7 Å². The zero-order valence-corrected chi connectivity index (χ0v) is 18.8. The fourth-order valence-electron chi connectivity index (χ4n) is 3.39. The molecule has 1 N–H and O–H groups in total. The second kappa shape index (κ2) is 8.76. The van der Waals surface area contributed by atoms with Gasteiger partial charge in [0.25, 0.3) is 0 Å². The lowest BCUT2D eigenvalue weighted by atomic mass is 10.1. The number of amides is 1. The van der Waals surface area contributed by atoms with E-state index in [1.807, 2.05) is 42.5 Å². The largest absolute Gasteiger partial charge is 0.310 e. The fourth-order valence-corrected chi connectivity index (χ4v) is 4.32. The zero-order valence-electron chi connectivity index (χ0n) is 17.3. The monoisotopic (exact) mass is 465 g/mol. The van der Waals surface area contributed by atoms with Crippen molar-refractivity contribution in [3.8, 4) is 22.6 Å². The Hall–Kier alpha value is -3.17. The van der Waals surface area contributed by atoms with Gasteiger partial charge < -0.3 is 5.32 Å². The molecule has 0 bridgehead atoms. The first-order valence-corrected chi connectivity index (χ1v) is 11.5. The van der Waals surface area contributed by atoms with Crippen molar-refractivity contribution in [1.82, 2.24) is 29.5 Å².